The first-order valence-electron chi connectivity index (χ1n) is 6.26. The van der Waals surface area contributed by atoms with Crippen molar-refractivity contribution in [3.8, 4) is 0 Å². The van der Waals surface area contributed by atoms with E-state index < -0.39 is 5.54 Å². The number of carbonyl (C=O) groups is 1. The van der Waals surface area contributed by atoms with E-state index in [1.165, 1.54) is 12.8 Å². The van der Waals surface area contributed by atoms with Gasteiger partial charge in [0.25, 0.3) is 0 Å². The van der Waals surface area contributed by atoms with Gasteiger partial charge in [0.15, 0.2) is 0 Å². The Bertz CT molecular complexity index is 235. The molecule has 1 saturated carbocycles. The van der Waals surface area contributed by atoms with Crippen LogP contribution in [0.2, 0.25) is 0 Å². The number of ether oxygens (including phenoxy) is 1. The van der Waals surface area contributed by atoms with Crippen LogP contribution in [0.1, 0.15) is 52.4 Å². The van der Waals surface area contributed by atoms with Crippen molar-refractivity contribution in [3.63, 3.8) is 0 Å². The maximum atomic E-state index is 11.8. The molecule has 0 aromatic rings. The molecule has 0 saturated heterocycles. The SMILES string of the molecule is CCCCCCOC(=O)[C@@]1(NCl)C[C@H]1CC. The highest BCUT2D eigenvalue weighted by atomic mass is 35.5. The van der Waals surface area contributed by atoms with Gasteiger partial charge >= 0.3 is 5.97 Å². The third-order valence-electron chi connectivity index (χ3n) is 3.36. The largest absolute Gasteiger partial charge is 0.464 e. The molecule has 0 aromatic heterocycles. The first kappa shape index (κ1) is 13.8. The van der Waals surface area contributed by atoms with E-state index >= 15 is 0 Å². The van der Waals surface area contributed by atoms with Gasteiger partial charge in [-0.2, -0.15) is 0 Å². The zero-order valence-corrected chi connectivity index (χ0v) is 11.0. The molecule has 0 bridgehead atoms. The lowest BCUT2D eigenvalue weighted by atomic mass is 10.2. The molecule has 0 aromatic carbocycles. The molecule has 0 unspecified atom stereocenters. The summed E-state index contributed by atoms with van der Waals surface area (Å²) in [6.45, 7) is 4.75. The Kier molecular flexibility index (Phi) is 5.56. The number of hydrogen-bond acceptors (Lipinski definition) is 3. The summed E-state index contributed by atoms with van der Waals surface area (Å²) in [6, 6.07) is 0. The van der Waals surface area contributed by atoms with Crippen molar-refractivity contribution >= 4 is 17.7 Å². The van der Waals surface area contributed by atoms with Gasteiger partial charge in [0.1, 0.15) is 5.54 Å². The van der Waals surface area contributed by atoms with Crippen molar-refractivity contribution in [1.82, 2.24) is 4.84 Å². The average molecular weight is 248 g/mol. The second kappa shape index (κ2) is 6.45. The van der Waals surface area contributed by atoms with Gasteiger partial charge in [-0.15, -0.1) is 0 Å². The van der Waals surface area contributed by atoms with Crippen molar-refractivity contribution in [2.45, 2.75) is 57.9 Å². The fourth-order valence-corrected chi connectivity index (χ4v) is 2.36. The molecular formula is C12H22ClNO2. The van der Waals surface area contributed by atoms with Gasteiger partial charge < -0.3 is 4.74 Å². The van der Waals surface area contributed by atoms with E-state index in [4.69, 9.17) is 16.5 Å². The highest BCUT2D eigenvalue weighted by molar-refractivity contribution is 6.16. The minimum Gasteiger partial charge on any atom is -0.464 e. The maximum absolute atomic E-state index is 11.8. The number of unbranched alkanes of at least 4 members (excludes halogenated alkanes) is 3. The fourth-order valence-electron chi connectivity index (χ4n) is 2.05. The lowest BCUT2D eigenvalue weighted by molar-refractivity contribution is -0.147. The number of halogens is 1. The third-order valence-corrected chi connectivity index (χ3v) is 3.70. The Hall–Kier alpha value is -0.280. The minimum absolute atomic E-state index is 0.175. The second-order valence-electron chi connectivity index (χ2n) is 4.57. The number of carbonyl (C=O) groups excluding carboxylic acids is 1. The van der Waals surface area contributed by atoms with Crippen LogP contribution in [-0.4, -0.2) is 18.1 Å². The Balaban J connectivity index is 2.20. The molecule has 1 aliphatic rings. The van der Waals surface area contributed by atoms with E-state index in [2.05, 4.69) is 18.7 Å². The molecule has 94 valence electrons. The Morgan fingerprint density at radius 1 is 1.44 bits per heavy atom. The van der Waals surface area contributed by atoms with Crippen molar-refractivity contribution in [2.75, 3.05) is 6.61 Å². The smallest absolute Gasteiger partial charge is 0.327 e. The van der Waals surface area contributed by atoms with Crippen LogP contribution in [0.4, 0.5) is 0 Å². The highest BCUT2D eigenvalue weighted by Gasteiger charge is 2.60. The zero-order valence-electron chi connectivity index (χ0n) is 10.2. The number of rotatable bonds is 8. The highest BCUT2D eigenvalue weighted by Crippen LogP contribution is 2.47. The van der Waals surface area contributed by atoms with Crippen LogP contribution in [0.25, 0.3) is 0 Å². The van der Waals surface area contributed by atoms with E-state index in [1.807, 2.05) is 0 Å². The molecule has 0 amide bonds. The number of esters is 1. The maximum Gasteiger partial charge on any atom is 0.327 e. The molecule has 0 radical (unpaired) electrons. The van der Waals surface area contributed by atoms with Gasteiger partial charge in [0.05, 0.1) is 6.61 Å². The van der Waals surface area contributed by atoms with Crippen LogP contribution in [0, 0.1) is 5.92 Å². The molecule has 3 nitrogen and oxygen atoms in total. The second-order valence-corrected chi connectivity index (χ2v) is 4.76. The third kappa shape index (κ3) is 3.11. The van der Waals surface area contributed by atoms with Crippen LogP contribution in [0.5, 0.6) is 0 Å². The van der Waals surface area contributed by atoms with Crippen LogP contribution < -0.4 is 4.84 Å². The monoisotopic (exact) mass is 247 g/mol. The minimum atomic E-state index is -0.582. The summed E-state index contributed by atoms with van der Waals surface area (Å²) < 4.78 is 5.25. The topological polar surface area (TPSA) is 38.3 Å². The van der Waals surface area contributed by atoms with E-state index in [0.717, 1.165) is 25.7 Å². The number of nitrogens with one attached hydrogen (secondary N) is 1. The summed E-state index contributed by atoms with van der Waals surface area (Å²) in [5.41, 5.74) is -0.582. The number of hydrogen-bond donors (Lipinski definition) is 1. The summed E-state index contributed by atoms with van der Waals surface area (Å²) in [7, 11) is 0. The van der Waals surface area contributed by atoms with Gasteiger partial charge in [0, 0.05) is 0 Å². The first-order chi connectivity index (χ1) is 7.71. The van der Waals surface area contributed by atoms with Crippen LogP contribution in [0.3, 0.4) is 0 Å². The average Bonchev–Trinajstić information content (AvgIpc) is 3.03. The lowest BCUT2D eigenvalue weighted by Gasteiger charge is -2.13. The molecular weight excluding hydrogens is 226 g/mol. The quantitative estimate of drug-likeness (QED) is 0.407. The zero-order chi connectivity index (χ0) is 12.0. The Morgan fingerprint density at radius 2 is 2.19 bits per heavy atom. The Labute approximate surface area is 103 Å². The molecule has 16 heavy (non-hydrogen) atoms. The Morgan fingerprint density at radius 3 is 2.69 bits per heavy atom. The van der Waals surface area contributed by atoms with Crippen molar-refractivity contribution in [2.24, 2.45) is 5.92 Å². The van der Waals surface area contributed by atoms with E-state index in [9.17, 15) is 4.79 Å². The van der Waals surface area contributed by atoms with Crippen LogP contribution >= 0.6 is 11.8 Å². The normalized spacial score (nSPS) is 27.8. The summed E-state index contributed by atoms with van der Waals surface area (Å²) in [4.78, 5) is 14.4. The summed E-state index contributed by atoms with van der Waals surface area (Å²) in [5, 5.41) is 0. The molecule has 2 atom stereocenters. The molecule has 0 aliphatic heterocycles. The standard InChI is InChI=1S/C12H22ClNO2/c1-3-5-6-7-8-16-11(15)12(14-13)9-10(12)4-2/h10,14H,3-9H2,1-2H3/t10-,12-/m1/s1. The van der Waals surface area contributed by atoms with Gasteiger partial charge in [-0.25, -0.2) is 9.63 Å². The fraction of sp³-hybridized carbons (Fsp3) is 0.917. The predicted molar refractivity (Wildman–Crippen MR) is 65.2 cm³/mol. The van der Waals surface area contributed by atoms with Crippen molar-refractivity contribution in [1.29, 1.82) is 0 Å². The van der Waals surface area contributed by atoms with Gasteiger partial charge in [0.2, 0.25) is 0 Å². The molecule has 4 heteroatoms. The molecule has 1 N–H and O–H groups in total. The molecule has 0 heterocycles. The molecule has 1 rings (SSSR count). The predicted octanol–water partition coefficient (Wildman–Crippen LogP) is 3.02. The summed E-state index contributed by atoms with van der Waals surface area (Å²) >= 11 is 5.64. The summed E-state index contributed by atoms with van der Waals surface area (Å²) in [5.74, 6) is 0.166. The van der Waals surface area contributed by atoms with Gasteiger partial charge in [-0.05, 0) is 30.5 Å². The van der Waals surface area contributed by atoms with E-state index in [-0.39, 0.29) is 5.97 Å². The molecule has 1 fully saturated rings. The molecule has 0 spiro atoms. The molecule has 1 aliphatic carbocycles. The van der Waals surface area contributed by atoms with E-state index in [1.54, 1.807) is 0 Å². The van der Waals surface area contributed by atoms with Gasteiger partial charge in [-0.1, -0.05) is 39.5 Å². The van der Waals surface area contributed by atoms with E-state index in [0.29, 0.717) is 12.5 Å². The van der Waals surface area contributed by atoms with Crippen molar-refractivity contribution in [3.05, 3.63) is 0 Å². The summed E-state index contributed by atoms with van der Waals surface area (Å²) in [6.07, 6.45) is 6.25. The van der Waals surface area contributed by atoms with Crippen molar-refractivity contribution < 1.29 is 9.53 Å². The van der Waals surface area contributed by atoms with Crippen LogP contribution in [0.15, 0.2) is 0 Å². The lowest BCUT2D eigenvalue weighted by Crippen LogP contribution is -2.37. The van der Waals surface area contributed by atoms with Crippen LogP contribution in [-0.2, 0) is 9.53 Å². The first-order valence-corrected chi connectivity index (χ1v) is 6.64. The van der Waals surface area contributed by atoms with Gasteiger partial charge in [-0.3, -0.25) is 0 Å².